The molecular weight excluding hydrogens is 360 g/mol. The number of ether oxygens (including phenoxy) is 1. The Labute approximate surface area is 163 Å². The fraction of sp³-hybridized carbons (Fsp3) is 0.0909. The van der Waals surface area contributed by atoms with Gasteiger partial charge >= 0.3 is 0 Å². The molecule has 0 saturated carbocycles. The number of amides is 1. The lowest BCUT2D eigenvalue weighted by Crippen LogP contribution is -2.17. The molecule has 1 amide bonds. The summed E-state index contributed by atoms with van der Waals surface area (Å²) in [5.41, 5.74) is 6.17. The maximum atomic E-state index is 12.1. The van der Waals surface area contributed by atoms with Gasteiger partial charge in [-0.15, -0.1) is 0 Å². The van der Waals surface area contributed by atoms with Crippen LogP contribution in [0.5, 0.6) is 5.75 Å². The summed E-state index contributed by atoms with van der Waals surface area (Å²) in [6, 6.07) is 22.3. The molecule has 0 bridgehead atoms. The third kappa shape index (κ3) is 5.69. The predicted octanol–water partition coefficient (Wildman–Crippen LogP) is 4.99. The third-order valence-corrected chi connectivity index (χ3v) is 4.14. The molecule has 3 rings (SSSR count). The Morgan fingerprint density at radius 3 is 2.33 bits per heavy atom. The molecule has 0 fully saturated rings. The topological polar surface area (TPSA) is 50.7 Å². The summed E-state index contributed by atoms with van der Waals surface area (Å²) in [6.07, 6.45) is 1.56. The molecule has 27 heavy (non-hydrogen) atoms. The largest absolute Gasteiger partial charge is 0.489 e. The van der Waals surface area contributed by atoms with Crippen molar-refractivity contribution in [3.8, 4) is 5.75 Å². The van der Waals surface area contributed by atoms with Crippen molar-refractivity contribution < 1.29 is 9.53 Å². The molecule has 5 heteroatoms. The number of carbonyl (C=O) groups is 1. The normalized spacial score (nSPS) is 10.7. The fourth-order valence-corrected chi connectivity index (χ4v) is 2.46. The average molecular weight is 379 g/mol. The molecule has 0 spiro atoms. The molecule has 0 aromatic heterocycles. The van der Waals surface area contributed by atoms with Crippen molar-refractivity contribution in [2.75, 3.05) is 0 Å². The van der Waals surface area contributed by atoms with Gasteiger partial charge in [0.25, 0.3) is 5.91 Å². The highest BCUT2D eigenvalue weighted by Crippen LogP contribution is 2.15. The van der Waals surface area contributed by atoms with Gasteiger partial charge in [-0.2, -0.15) is 5.10 Å². The van der Waals surface area contributed by atoms with Crippen LogP contribution in [0.1, 0.15) is 27.0 Å². The fourth-order valence-electron chi connectivity index (χ4n) is 2.33. The number of hydrogen-bond acceptors (Lipinski definition) is 3. The van der Waals surface area contributed by atoms with Gasteiger partial charge in [0.1, 0.15) is 12.4 Å². The molecule has 0 aliphatic carbocycles. The summed E-state index contributed by atoms with van der Waals surface area (Å²) in [5.74, 6) is 0.419. The van der Waals surface area contributed by atoms with E-state index in [1.165, 1.54) is 5.56 Å². The number of nitrogens with one attached hydrogen (secondary N) is 1. The van der Waals surface area contributed by atoms with Crippen LogP contribution in [0.15, 0.2) is 77.9 Å². The summed E-state index contributed by atoms with van der Waals surface area (Å²) in [6.45, 7) is 2.53. The minimum Gasteiger partial charge on any atom is -0.489 e. The zero-order valence-corrected chi connectivity index (χ0v) is 15.6. The monoisotopic (exact) mass is 378 g/mol. The van der Waals surface area contributed by atoms with Gasteiger partial charge in [-0.1, -0.05) is 53.6 Å². The number of nitrogens with zero attached hydrogens (tertiary/aromatic N) is 1. The molecular formula is C22H19ClN2O2. The molecule has 0 heterocycles. The van der Waals surface area contributed by atoms with Crippen LogP contribution >= 0.6 is 11.6 Å². The highest BCUT2D eigenvalue weighted by molar-refractivity contribution is 6.30. The lowest BCUT2D eigenvalue weighted by atomic mass is 10.2. The summed E-state index contributed by atoms with van der Waals surface area (Å²) in [4.78, 5) is 12.1. The number of halogens is 1. The number of benzene rings is 3. The van der Waals surface area contributed by atoms with E-state index in [1.54, 1.807) is 42.6 Å². The van der Waals surface area contributed by atoms with Gasteiger partial charge in [-0.25, -0.2) is 5.43 Å². The first kappa shape index (κ1) is 18.7. The zero-order chi connectivity index (χ0) is 19.1. The standard InChI is InChI=1S/C22H19ClN2O2/c1-16-2-4-18(5-3-16)15-27-21-12-8-19(9-13-21)22(26)25-24-14-17-6-10-20(23)11-7-17/h2-14H,15H2,1H3,(H,25,26). The molecule has 3 aromatic carbocycles. The minimum absolute atomic E-state index is 0.287. The van der Waals surface area contributed by atoms with Crippen LogP contribution in [0.25, 0.3) is 0 Å². The molecule has 0 unspecified atom stereocenters. The summed E-state index contributed by atoms with van der Waals surface area (Å²) >= 11 is 5.83. The van der Waals surface area contributed by atoms with Crippen LogP contribution < -0.4 is 10.2 Å². The Morgan fingerprint density at radius 1 is 1.00 bits per heavy atom. The highest BCUT2D eigenvalue weighted by Gasteiger charge is 2.04. The van der Waals surface area contributed by atoms with Crippen molar-refractivity contribution in [2.24, 2.45) is 5.10 Å². The molecule has 0 radical (unpaired) electrons. The number of rotatable bonds is 6. The van der Waals surface area contributed by atoms with Gasteiger partial charge in [-0.3, -0.25) is 4.79 Å². The third-order valence-electron chi connectivity index (χ3n) is 3.89. The Kier molecular flexibility index (Phi) is 6.23. The number of hydrazone groups is 1. The average Bonchev–Trinajstić information content (AvgIpc) is 2.69. The van der Waals surface area contributed by atoms with Gasteiger partial charge < -0.3 is 4.74 Å². The van der Waals surface area contributed by atoms with E-state index in [4.69, 9.17) is 16.3 Å². The van der Waals surface area contributed by atoms with Crippen molar-refractivity contribution in [3.63, 3.8) is 0 Å². The van der Waals surface area contributed by atoms with Crippen LogP contribution in [0.2, 0.25) is 5.02 Å². The van der Waals surface area contributed by atoms with E-state index in [0.717, 1.165) is 11.1 Å². The van der Waals surface area contributed by atoms with E-state index in [0.29, 0.717) is 22.9 Å². The molecule has 136 valence electrons. The molecule has 1 N–H and O–H groups in total. The Hall–Kier alpha value is -3.11. The maximum absolute atomic E-state index is 12.1. The van der Waals surface area contributed by atoms with Gasteiger partial charge in [0.2, 0.25) is 0 Å². The zero-order valence-electron chi connectivity index (χ0n) is 14.9. The van der Waals surface area contributed by atoms with Crippen molar-refractivity contribution in [1.29, 1.82) is 0 Å². The van der Waals surface area contributed by atoms with E-state index in [2.05, 4.69) is 22.7 Å². The minimum atomic E-state index is -0.287. The van der Waals surface area contributed by atoms with Gasteiger partial charge in [0, 0.05) is 10.6 Å². The SMILES string of the molecule is Cc1ccc(COc2ccc(C(=O)NN=Cc3ccc(Cl)cc3)cc2)cc1. The molecule has 0 saturated heterocycles. The highest BCUT2D eigenvalue weighted by atomic mass is 35.5. The first-order chi connectivity index (χ1) is 13.1. The van der Waals surface area contributed by atoms with Crippen LogP contribution in [0.4, 0.5) is 0 Å². The summed E-state index contributed by atoms with van der Waals surface area (Å²) in [7, 11) is 0. The van der Waals surface area contributed by atoms with Crippen molar-refractivity contribution in [1.82, 2.24) is 5.43 Å². The second-order valence-electron chi connectivity index (χ2n) is 6.05. The smallest absolute Gasteiger partial charge is 0.271 e. The lowest BCUT2D eigenvalue weighted by Gasteiger charge is -2.07. The summed E-state index contributed by atoms with van der Waals surface area (Å²) < 4.78 is 5.74. The molecule has 3 aromatic rings. The van der Waals surface area contributed by atoms with Gasteiger partial charge in [0.05, 0.1) is 6.21 Å². The second kappa shape index (κ2) is 9.01. The van der Waals surface area contributed by atoms with Gasteiger partial charge in [-0.05, 0) is 54.4 Å². The van der Waals surface area contributed by atoms with Gasteiger partial charge in [0.15, 0.2) is 0 Å². The summed E-state index contributed by atoms with van der Waals surface area (Å²) in [5, 5.41) is 4.61. The maximum Gasteiger partial charge on any atom is 0.271 e. The lowest BCUT2D eigenvalue weighted by molar-refractivity contribution is 0.0955. The number of carbonyl (C=O) groups excluding carboxylic acids is 1. The van der Waals surface area contributed by atoms with Crippen molar-refractivity contribution in [3.05, 3.63) is 100 Å². The van der Waals surface area contributed by atoms with E-state index < -0.39 is 0 Å². The van der Waals surface area contributed by atoms with E-state index in [9.17, 15) is 4.79 Å². The number of hydrogen-bond donors (Lipinski definition) is 1. The Balaban J connectivity index is 1.52. The molecule has 0 atom stereocenters. The van der Waals surface area contributed by atoms with E-state index in [-0.39, 0.29) is 5.91 Å². The van der Waals surface area contributed by atoms with Crippen LogP contribution in [-0.4, -0.2) is 12.1 Å². The Bertz CT molecular complexity index is 918. The van der Waals surface area contributed by atoms with Crippen molar-refractivity contribution in [2.45, 2.75) is 13.5 Å². The van der Waals surface area contributed by atoms with Crippen LogP contribution in [0, 0.1) is 6.92 Å². The Morgan fingerprint density at radius 2 is 1.67 bits per heavy atom. The molecule has 0 aliphatic rings. The quantitative estimate of drug-likeness (QED) is 0.485. The van der Waals surface area contributed by atoms with E-state index in [1.807, 2.05) is 31.2 Å². The second-order valence-corrected chi connectivity index (χ2v) is 6.49. The molecule has 0 aliphatic heterocycles. The first-order valence-electron chi connectivity index (χ1n) is 8.47. The van der Waals surface area contributed by atoms with Crippen LogP contribution in [-0.2, 0) is 6.61 Å². The predicted molar refractivity (Wildman–Crippen MR) is 108 cm³/mol. The van der Waals surface area contributed by atoms with E-state index >= 15 is 0 Å². The van der Waals surface area contributed by atoms with Crippen LogP contribution in [0.3, 0.4) is 0 Å². The first-order valence-corrected chi connectivity index (χ1v) is 8.85. The molecule has 4 nitrogen and oxygen atoms in total. The number of aryl methyl sites for hydroxylation is 1. The van der Waals surface area contributed by atoms with Crippen molar-refractivity contribution >= 4 is 23.7 Å².